The highest BCUT2D eigenvalue weighted by molar-refractivity contribution is 6.32. The van der Waals surface area contributed by atoms with E-state index in [0.717, 1.165) is 27.8 Å². The molecule has 9 heteroatoms. The van der Waals surface area contributed by atoms with Crippen LogP contribution in [0.15, 0.2) is 79.1 Å². The number of hydrogen-bond acceptors (Lipinski definition) is 6. The van der Waals surface area contributed by atoms with Gasteiger partial charge in [-0.15, -0.1) is 0 Å². The molecule has 1 amide bonds. The Bertz CT molecular complexity index is 1560. The van der Waals surface area contributed by atoms with Crippen molar-refractivity contribution in [2.24, 2.45) is 0 Å². The minimum atomic E-state index is -1.11. The number of halogens is 1. The Kier molecular flexibility index (Phi) is 8.82. The second kappa shape index (κ2) is 12.8. The van der Waals surface area contributed by atoms with Gasteiger partial charge in [0, 0.05) is 49.2 Å². The van der Waals surface area contributed by atoms with E-state index in [4.69, 9.17) is 21.1 Å². The molecule has 0 saturated carbocycles. The summed E-state index contributed by atoms with van der Waals surface area (Å²) >= 11 is 6.65. The van der Waals surface area contributed by atoms with Gasteiger partial charge < -0.3 is 25.2 Å². The van der Waals surface area contributed by atoms with Gasteiger partial charge in [-0.1, -0.05) is 60.1 Å². The summed E-state index contributed by atoms with van der Waals surface area (Å²) < 4.78 is 12.0. The number of benzene rings is 3. The van der Waals surface area contributed by atoms with Crippen LogP contribution in [0.2, 0.25) is 5.02 Å². The van der Waals surface area contributed by atoms with Gasteiger partial charge in [-0.25, -0.2) is 4.79 Å². The SMILES string of the molecule is Cc1c(COc2cc3c(cc2Cl)CO[C@H](C(=O)O)CCNC(=O)c2cncc(c2)CN3)cccc1-c1ccccc1. The third-order valence-corrected chi connectivity index (χ3v) is 7.31. The van der Waals surface area contributed by atoms with Crippen LogP contribution in [-0.2, 0) is 29.3 Å². The molecule has 4 aromatic rings. The molecule has 210 valence electrons. The van der Waals surface area contributed by atoms with Gasteiger partial charge in [-0.2, -0.15) is 0 Å². The maximum atomic E-state index is 12.5. The number of ether oxygens (including phenoxy) is 2. The predicted molar refractivity (Wildman–Crippen MR) is 157 cm³/mol. The molecule has 41 heavy (non-hydrogen) atoms. The Labute approximate surface area is 243 Å². The topological polar surface area (TPSA) is 110 Å². The molecule has 0 radical (unpaired) electrons. The number of aliphatic carboxylic acids is 1. The van der Waals surface area contributed by atoms with E-state index in [0.29, 0.717) is 40.7 Å². The Hall–Kier alpha value is -4.40. The van der Waals surface area contributed by atoms with Crippen LogP contribution in [0.1, 0.15) is 39.0 Å². The van der Waals surface area contributed by atoms with E-state index in [2.05, 4.69) is 40.7 Å². The zero-order chi connectivity index (χ0) is 28.8. The largest absolute Gasteiger partial charge is 0.487 e. The number of hydrogen-bond donors (Lipinski definition) is 3. The molecule has 8 nitrogen and oxygen atoms in total. The van der Waals surface area contributed by atoms with Crippen LogP contribution in [0.25, 0.3) is 11.1 Å². The summed E-state index contributed by atoms with van der Waals surface area (Å²) in [5.74, 6) is -0.955. The van der Waals surface area contributed by atoms with E-state index in [9.17, 15) is 14.7 Å². The molecule has 0 spiro atoms. The molecule has 2 heterocycles. The van der Waals surface area contributed by atoms with Crippen molar-refractivity contribution in [3.63, 3.8) is 0 Å². The number of nitrogens with one attached hydrogen (secondary N) is 2. The zero-order valence-electron chi connectivity index (χ0n) is 22.5. The van der Waals surface area contributed by atoms with Crippen LogP contribution in [-0.4, -0.2) is 34.6 Å². The van der Waals surface area contributed by atoms with Gasteiger partial charge in [0.2, 0.25) is 0 Å². The molecule has 0 aliphatic carbocycles. The Balaban J connectivity index is 1.42. The predicted octanol–water partition coefficient (Wildman–Crippen LogP) is 6.00. The summed E-state index contributed by atoms with van der Waals surface area (Å²) in [5, 5.41) is 16.1. The highest BCUT2D eigenvalue weighted by Gasteiger charge is 2.21. The number of carbonyl (C=O) groups is 2. The molecule has 0 saturated heterocycles. The molecule has 0 unspecified atom stereocenters. The van der Waals surface area contributed by atoms with Crippen LogP contribution >= 0.6 is 11.6 Å². The standard InChI is InChI=1S/C32H30ClN3O5/c1-20-23(8-5-9-26(20)22-6-3-2-4-7-22)18-41-30-14-28-25(13-27(30)33)19-40-29(32(38)39)10-11-35-31(37)24-12-21(16-36-28)15-34-17-24/h2-9,12-15,17,29,36H,10-11,16,18-19H2,1H3,(H,35,37)(H,38,39)/t29-/m0/s1. The van der Waals surface area contributed by atoms with Crippen molar-refractivity contribution in [1.29, 1.82) is 0 Å². The fourth-order valence-corrected chi connectivity index (χ4v) is 4.95. The van der Waals surface area contributed by atoms with Crippen molar-refractivity contribution in [3.05, 3.63) is 112 Å². The second-order valence-electron chi connectivity index (χ2n) is 9.80. The van der Waals surface area contributed by atoms with Crippen LogP contribution < -0.4 is 15.4 Å². The average molecular weight is 572 g/mol. The number of rotatable bonds is 5. The highest BCUT2D eigenvalue weighted by atomic mass is 35.5. The number of pyridine rings is 1. The van der Waals surface area contributed by atoms with Gasteiger partial charge in [0.15, 0.2) is 6.10 Å². The van der Waals surface area contributed by atoms with Crippen molar-refractivity contribution in [2.75, 3.05) is 11.9 Å². The van der Waals surface area contributed by atoms with Crippen LogP contribution in [0.4, 0.5) is 5.69 Å². The third kappa shape index (κ3) is 6.85. The number of amides is 1. The van der Waals surface area contributed by atoms with E-state index in [1.807, 2.05) is 30.3 Å². The molecular formula is C32H30ClN3O5. The van der Waals surface area contributed by atoms with Crippen molar-refractivity contribution < 1.29 is 24.2 Å². The Morgan fingerprint density at radius 3 is 2.71 bits per heavy atom. The van der Waals surface area contributed by atoms with Gasteiger partial charge in [0.25, 0.3) is 5.91 Å². The first-order valence-electron chi connectivity index (χ1n) is 13.3. The molecule has 1 aliphatic rings. The first kappa shape index (κ1) is 28.1. The number of nitrogens with zero attached hydrogens (tertiary/aromatic N) is 1. The minimum absolute atomic E-state index is 0.00374. The third-order valence-electron chi connectivity index (χ3n) is 7.02. The minimum Gasteiger partial charge on any atom is -0.487 e. The molecule has 1 atom stereocenters. The second-order valence-corrected chi connectivity index (χ2v) is 10.2. The number of carboxylic acid groups (broad SMARTS) is 1. The Morgan fingerprint density at radius 2 is 1.90 bits per heavy atom. The molecular weight excluding hydrogens is 542 g/mol. The van der Waals surface area contributed by atoms with Crippen molar-refractivity contribution in [3.8, 4) is 16.9 Å². The van der Waals surface area contributed by atoms with E-state index >= 15 is 0 Å². The number of anilines is 1. The maximum Gasteiger partial charge on any atom is 0.332 e. The van der Waals surface area contributed by atoms with Crippen LogP contribution in [0, 0.1) is 6.92 Å². The van der Waals surface area contributed by atoms with Crippen molar-refractivity contribution in [1.82, 2.24) is 10.3 Å². The average Bonchev–Trinajstić information content (AvgIpc) is 2.98. The van der Waals surface area contributed by atoms with E-state index in [1.54, 1.807) is 24.4 Å². The normalized spacial score (nSPS) is 15.6. The summed E-state index contributed by atoms with van der Waals surface area (Å²) in [7, 11) is 0. The monoisotopic (exact) mass is 571 g/mol. The summed E-state index contributed by atoms with van der Waals surface area (Å²) in [4.78, 5) is 28.5. The molecule has 3 N–H and O–H groups in total. The Morgan fingerprint density at radius 1 is 1.07 bits per heavy atom. The molecule has 1 aliphatic heterocycles. The van der Waals surface area contributed by atoms with E-state index in [-0.39, 0.29) is 25.5 Å². The zero-order valence-corrected chi connectivity index (χ0v) is 23.3. The quantitative estimate of drug-likeness (QED) is 0.269. The molecule has 1 aromatic heterocycles. The smallest absolute Gasteiger partial charge is 0.332 e. The molecule has 5 rings (SSSR count). The molecule has 2 bridgehead atoms. The van der Waals surface area contributed by atoms with Gasteiger partial charge in [0.05, 0.1) is 17.2 Å². The highest BCUT2D eigenvalue weighted by Crippen LogP contribution is 2.34. The van der Waals surface area contributed by atoms with Crippen LogP contribution in [0.3, 0.4) is 0 Å². The fraction of sp³-hybridized carbons (Fsp3) is 0.219. The van der Waals surface area contributed by atoms with Gasteiger partial charge >= 0.3 is 5.97 Å². The first-order valence-corrected chi connectivity index (χ1v) is 13.7. The lowest BCUT2D eigenvalue weighted by Crippen LogP contribution is -2.32. The van der Waals surface area contributed by atoms with Crippen molar-refractivity contribution >= 4 is 29.2 Å². The summed E-state index contributed by atoms with van der Waals surface area (Å²) in [6.07, 6.45) is 2.16. The van der Waals surface area contributed by atoms with E-state index in [1.165, 1.54) is 6.20 Å². The first-order chi connectivity index (χ1) is 19.9. The lowest BCUT2D eigenvalue weighted by molar-refractivity contribution is -0.151. The molecule has 0 fully saturated rings. The summed E-state index contributed by atoms with van der Waals surface area (Å²) in [6, 6.07) is 21.6. The number of aromatic nitrogens is 1. The number of carbonyl (C=O) groups excluding carboxylic acids is 1. The van der Waals surface area contributed by atoms with Gasteiger partial charge in [0.1, 0.15) is 12.4 Å². The van der Waals surface area contributed by atoms with E-state index < -0.39 is 12.1 Å². The summed E-state index contributed by atoms with van der Waals surface area (Å²) in [6.45, 7) is 2.89. The number of carboxylic acids is 1. The van der Waals surface area contributed by atoms with Gasteiger partial charge in [-0.05, 0) is 46.9 Å². The summed E-state index contributed by atoms with van der Waals surface area (Å²) in [5.41, 5.74) is 6.98. The van der Waals surface area contributed by atoms with Crippen molar-refractivity contribution in [2.45, 2.75) is 39.2 Å². The lowest BCUT2D eigenvalue weighted by atomic mass is 9.97. The number of fused-ring (bicyclic) bond motifs is 3. The molecule has 3 aromatic carbocycles. The van der Waals surface area contributed by atoms with Gasteiger partial charge in [-0.3, -0.25) is 9.78 Å². The maximum absolute atomic E-state index is 12.5. The lowest BCUT2D eigenvalue weighted by Gasteiger charge is -2.20. The fourth-order valence-electron chi connectivity index (χ4n) is 4.71. The van der Waals surface area contributed by atoms with Crippen LogP contribution in [0.5, 0.6) is 5.75 Å².